The van der Waals surface area contributed by atoms with Crippen molar-refractivity contribution in [3.8, 4) is 0 Å². The third-order valence-corrected chi connectivity index (χ3v) is 3.23. The molecule has 0 fully saturated rings. The summed E-state index contributed by atoms with van der Waals surface area (Å²) in [7, 11) is 5.54. The smallest absolute Gasteiger partial charge is 0.287 e. The van der Waals surface area contributed by atoms with E-state index in [1.54, 1.807) is 19.2 Å². The number of carbonyl (C=O) groups is 1. The van der Waals surface area contributed by atoms with E-state index in [-0.39, 0.29) is 11.9 Å². The maximum absolute atomic E-state index is 12.4. The Balaban J connectivity index is 2.10. The molecule has 0 saturated carbocycles. The zero-order valence-corrected chi connectivity index (χ0v) is 13.2. The van der Waals surface area contributed by atoms with Crippen LogP contribution in [0.15, 0.2) is 46.9 Å². The second kappa shape index (κ2) is 7.77. The maximum atomic E-state index is 12.4. The van der Waals surface area contributed by atoms with Gasteiger partial charge in [0.15, 0.2) is 5.76 Å². The van der Waals surface area contributed by atoms with Crippen LogP contribution in [0.3, 0.4) is 0 Å². The van der Waals surface area contributed by atoms with Gasteiger partial charge < -0.3 is 19.4 Å². The molecule has 0 aliphatic carbocycles. The first kappa shape index (κ1) is 16.3. The number of rotatable bonds is 7. The van der Waals surface area contributed by atoms with Gasteiger partial charge in [-0.3, -0.25) is 4.79 Å². The Kier molecular flexibility index (Phi) is 5.75. The van der Waals surface area contributed by atoms with Crippen molar-refractivity contribution in [3.05, 3.63) is 59.5 Å². The van der Waals surface area contributed by atoms with Crippen LogP contribution in [0, 0.1) is 0 Å². The number of hydrogen-bond donors (Lipinski definition) is 1. The van der Waals surface area contributed by atoms with Crippen LogP contribution >= 0.6 is 0 Å². The Bertz CT molecular complexity index is 593. The number of methoxy groups -OCH3 is 1. The Hall–Kier alpha value is -2.11. The van der Waals surface area contributed by atoms with Crippen molar-refractivity contribution in [2.24, 2.45) is 0 Å². The molecule has 22 heavy (non-hydrogen) atoms. The van der Waals surface area contributed by atoms with Gasteiger partial charge in [-0.1, -0.05) is 30.3 Å². The Labute approximate surface area is 130 Å². The standard InChI is InChI=1S/C17H22N2O3/c1-19(2)11-15(13-7-5-4-6-8-13)18-17(20)16-10-9-14(22-16)12-21-3/h4-10,15H,11-12H2,1-3H3,(H,18,20). The average Bonchev–Trinajstić information content (AvgIpc) is 2.96. The lowest BCUT2D eigenvalue weighted by atomic mass is 10.1. The molecule has 1 aromatic carbocycles. The molecular formula is C17H22N2O3. The minimum absolute atomic E-state index is 0.0975. The second-order valence-electron chi connectivity index (χ2n) is 5.40. The number of likely N-dealkylation sites (N-methyl/N-ethyl adjacent to an activating group) is 1. The highest BCUT2D eigenvalue weighted by atomic mass is 16.5. The quantitative estimate of drug-likeness (QED) is 0.853. The third kappa shape index (κ3) is 4.44. The van der Waals surface area contributed by atoms with E-state index >= 15 is 0 Å². The van der Waals surface area contributed by atoms with Gasteiger partial charge in [-0.2, -0.15) is 0 Å². The predicted molar refractivity (Wildman–Crippen MR) is 84.6 cm³/mol. The van der Waals surface area contributed by atoms with Crippen molar-refractivity contribution in [2.75, 3.05) is 27.7 Å². The highest BCUT2D eigenvalue weighted by Crippen LogP contribution is 2.15. The highest BCUT2D eigenvalue weighted by molar-refractivity contribution is 5.91. The summed E-state index contributed by atoms with van der Waals surface area (Å²) in [5.41, 5.74) is 1.06. The number of furan rings is 1. The minimum atomic E-state index is -0.224. The van der Waals surface area contributed by atoms with Gasteiger partial charge in [0.05, 0.1) is 6.04 Å². The van der Waals surface area contributed by atoms with E-state index in [1.165, 1.54) is 0 Å². The molecule has 1 amide bonds. The molecule has 1 N–H and O–H groups in total. The maximum Gasteiger partial charge on any atom is 0.287 e. The molecule has 1 aromatic heterocycles. The number of benzene rings is 1. The van der Waals surface area contributed by atoms with E-state index in [0.29, 0.717) is 24.7 Å². The van der Waals surface area contributed by atoms with Crippen molar-refractivity contribution in [2.45, 2.75) is 12.6 Å². The lowest BCUT2D eigenvalue weighted by Crippen LogP contribution is -2.35. The fourth-order valence-corrected chi connectivity index (χ4v) is 2.23. The van der Waals surface area contributed by atoms with Gasteiger partial charge in [0.2, 0.25) is 0 Å². The number of carbonyl (C=O) groups excluding carboxylic acids is 1. The van der Waals surface area contributed by atoms with Crippen LogP contribution in [0.1, 0.15) is 27.9 Å². The van der Waals surface area contributed by atoms with Crippen LogP contribution in [-0.2, 0) is 11.3 Å². The number of hydrogen-bond acceptors (Lipinski definition) is 4. The number of amides is 1. The summed E-state index contributed by atoms with van der Waals surface area (Å²) in [5.74, 6) is 0.710. The van der Waals surface area contributed by atoms with E-state index in [9.17, 15) is 4.79 Å². The van der Waals surface area contributed by atoms with E-state index in [1.807, 2.05) is 49.3 Å². The van der Waals surface area contributed by atoms with Crippen molar-refractivity contribution in [1.29, 1.82) is 0 Å². The molecule has 5 heteroatoms. The van der Waals surface area contributed by atoms with Gasteiger partial charge in [0, 0.05) is 13.7 Å². The van der Waals surface area contributed by atoms with Crippen molar-refractivity contribution in [3.63, 3.8) is 0 Å². The lowest BCUT2D eigenvalue weighted by Gasteiger charge is -2.22. The number of ether oxygens (including phenoxy) is 1. The van der Waals surface area contributed by atoms with Crippen LogP contribution in [0.25, 0.3) is 0 Å². The van der Waals surface area contributed by atoms with E-state index in [4.69, 9.17) is 9.15 Å². The molecule has 0 aliphatic rings. The summed E-state index contributed by atoms with van der Waals surface area (Å²) in [6.07, 6.45) is 0. The van der Waals surface area contributed by atoms with Crippen LogP contribution in [0.5, 0.6) is 0 Å². The zero-order valence-electron chi connectivity index (χ0n) is 13.2. The first-order chi connectivity index (χ1) is 10.6. The van der Waals surface area contributed by atoms with Gasteiger partial charge in [0.25, 0.3) is 5.91 Å². The number of nitrogens with zero attached hydrogens (tertiary/aromatic N) is 1. The minimum Gasteiger partial charge on any atom is -0.453 e. The first-order valence-electron chi connectivity index (χ1n) is 7.18. The molecule has 1 heterocycles. The fraction of sp³-hybridized carbons (Fsp3) is 0.353. The molecule has 2 aromatic rings. The lowest BCUT2D eigenvalue weighted by molar-refractivity contribution is 0.0893. The predicted octanol–water partition coefficient (Wildman–Crippen LogP) is 2.46. The molecule has 1 unspecified atom stereocenters. The molecule has 2 rings (SSSR count). The zero-order chi connectivity index (χ0) is 15.9. The van der Waals surface area contributed by atoms with Gasteiger partial charge in [-0.25, -0.2) is 0 Å². The molecule has 1 atom stereocenters. The summed E-state index contributed by atoms with van der Waals surface area (Å²) < 4.78 is 10.5. The molecule has 0 spiro atoms. The van der Waals surface area contributed by atoms with E-state index in [0.717, 1.165) is 5.56 Å². The summed E-state index contributed by atoms with van der Waals surface area (Å²) in [6, 6.07) is 13.2. The molecule has 0 bridgehead atoms. The molecular weight excluding hydrogens is 280 g/mol. The van der Waals surface area contributed by atoms with Crippen molar-refractivity contribution in [1.82, 2.24) is 10.2 Å². The second-order valence-corrected chi connectivity index (χ2v) is 5.40. The largest absolute Gasteiger partial charge is 0.453 e. The highest BCUT2D eigenvalue weighted by Gasteiger charge is 2.18. The molecule has 0 radical (unpaired) electrons. The SMILES string of the molecule is COCc1ccc(C(=O)NC(CN(C)C)c2ccccc2)o1. The Morgan fingerprint density at radius 3 is 2.59 bits per heavy atom. The van der Waals surface area contributed by atoms with Crippen LogP contribution in [0.2, 0.25) is 0 Å². The Morgan fingerprint density at radius 2 is 1.95 bits per heavy atom. The molecule has 0 saturated heterocycles. The summed E-state index contributed by atoms with van der Waals surface area (Å²) in [5, 5.41) is 3.02. The number of nitrogens with one attached hydrogen (secondary N) is 1. The average molecular weight is 302 g/mol. The van der Waals surface area contributed by atoms with Gasteiger partial charge in [0.1, 0.15) is 12.4 Å². The summed E-state index contributed by atoms with van der Waals surface area (Å²) >= 11 is 0. The molecule has 0 aliphatic heterocycles. The Morgan fingerprint density at radius 1 is 1.23 bits per heavy atom. The first-order valence-corrected chi connectivity index (χ1v) is 7.18. The van der Waals surface area contributed by atoms with Gasteiger partial charge >= 0.3 is 0 Å². The van der Waals surface area contributed by atoms with Gasteiger partial charge in [-0.05, 0) is 31.8 Å². The van der Waals surface area contributed by atoms with Crippen molar-refractivity contribution >= 4 is 5.91 Å². The van der Waals surface area contributed by atoms with Crippen LogP contribution in [0.4, 0.5) is 0 Å². The van der Waals surface area contributed by atoms with Gasteiger partial charge in [-0.15, -0.1) is 0 Å². The summed E-state index contributed by atoms with van der Waals surface area (Å²) in [6.45, 7) is 1.06. The third-order valence-electron chi connectivity index (χ3n) is 3.23. The van der Waals surface area contributed by atoms with Crippen LogP contribution in [-0.4, -0.2) is 38.6 Å². The fourth-order valence-electron chi connectivity index (χ4n) is 2.23. The van der Waals surface area contributed by atoms with Crippen LogP contribution < -0.4 is 5.32 Å². The van der Waals surface area contributed by atoms with E-state index in [2.05, 4.69) is 5.32 Å². The topological polar surface area (TPSA) is 54.7 Å². The molecule has 5 nitrogen and oxygen atoms in total. The van der Waals surface area contributed by atoms with E-state index < -0.39 is 0 Å². The normalized spacial score (nSPS) is 12.4. The monoisotopic (exact) mass is 302 g/mol. The molecule has 118 valence electrons. The van der Waals surface area contributed by atoms with Crippen molar-refractivity contribution < 1.29 is 13.9 Å². The summed E-state index contributed by atoms with van der Waals surface area (Å²) in [4.78, 5) is 14.4.